The van der Waals surface area contributed by atoms with Gasteiger partial charge in [0, 0.05) is 19.7 Å². The second kappa shape index (κ2) is 7.82. The van der Waals surface area contributed by atoms with Crippen molar-refractivity contribution >= 4 is 17.9 Å². The highest BCUT2D eigenvalue weighted by molar-refractivity contribution is 5.87. The number of amides is 3. The summed E-state index contributed by atoms with van der Waals surface area (Å²) in [6.45, 7) is 2.65. The van der Waals surface area contributed by atoms with Crippen LogP contribution in [-0.4, -0.2) is 60.3 Å². The SMILES string of the molecule is COCCN(C(=O)N[C@H](CC(N)=O)C(=O)O)C(C)C1CC1. The van der Waals surface area contributed by atoms with Crippen LogP contribution >= 0.6 is 0 Å². The number of carbonyl (C=O) groups excluding carboxylic acids is 2. The van der Waals surface area contributed by atoms with Crippen LogP contribution < -0.4 is 11.1 Å². The third-order valence-corrected chi connectivity index (χ3v) is 3.59. The molecule has 0 spiro atoms. The van der Waals surface area contributed by atoms with E-state index in [4.69, 9.17) is 15.6 Å². The van der Waals surface area contributed by atoms with Crippen molar-refractivity contribution in [2.75, 3.05) is 20.3 Å². The number of ether oxygens (including phenoxy) is 1. The normalized spacial score (nSPS) is 16.9. The number of nitrogens with two attached hydrogens (primary N) is 1. The summed E-state index contributed by atoms with van der Waals surface area (Å²) in [7, 11) is 1.53. The highest BCUT2D eigenvalue weighted by Crippen LogP contribution is 2.35. The zero-order chi connectivity index (χ0) is 16.0. The number of carbonyl (C=O) groups is 3. The minimum absolute atomic E-state index is 0.00294. The van der Waals surface area contributed by atoms with Crippen LogP contribution in [0.25, 0.3) is 0 Å². The molecule has 0 saturated heterocycles. The van der Waals surface area contributed by atoms with Crippen molar-refractivity contribution in [2.45, 2.75) is 38.3 Å². The molecule has 0 aromatic heterocycles. The molecule has 21 heavy (non-hydrogen) atoms. The topological polar surface area (TPSA) is 122 Å². The van der Waals surface area contributed by atoms with Gasteiger partial charge in [-0.05, 0) is 25.7 Å². The first-order chi connectivity index (χ1) is 9.86. The number of nitrogens with one attached hydrogen (secondary N) is 1. The van der Waals surface area contributed by atoms with Crippen LogP contribution in [0.4, 0.5) is 4.79 Å². The lowest BCUT2D eigenvalue weighted by Gasteiger charge is -2.30. The smallest absolute Gasteiger partial charge is 0.326 e. The van der Waals surface area contributed by atoms with Crippen molar-refractivity contribution in [3.63, 3.8) is 0 Å². The Hall–Kier alpha value is -1.83. The molecule has 0 bridgehead atoms. The van der Waals surface area contributed by atoms with E-state index in [2.05, 4.69) is 5.32 Å². The summed E-state index contributed by atoms with van der Waals surface area (Å²) in [6, 6.07) is -1.82. The molecule has 8 nitrogen and oxygen atoms in total. The number of carboxylic acids is 1. The highest BCUT2D eigenvalue weighted by atomic mass is 16.5. The molecule has 1 aliphatic rings. The Bertz CT molecular complexity index is 397. The largest absolute Gasteiger partial charge is 0.480 e. The Morgan fingerprint density at radius 1 is 1.43 bits per heavy atom. The summed E-state index contributed by atoms with van der Waals surface area (Å²) in [6.07, 6.45) is 1.68. The second-order valence-electron chi connectivity index (χ2n) is 5.27. The molecule has 8 heteroatoms. The highest BCUT2D eigenvalue weighted by Gasteiger charge is 2.35. The minimum Gasteiger partial charge on any atom is -0.480 e. The average Bonchev–Trinajstić information content (AvgIpc) is 3.21. The summed E-state index contributed by atoms with van der Waals surface area (Å²) in [4.78, 5) is 35.7. The van der Waals surface area contributed by atoms with Crippen LogP contribution in [0.5, 0.6) is 0 Å². The average molecular weight is 301 g/mol. The summed E-state index contributed by atoms with van der Waals surface area (Å²) < 4.78 is 4.98. The van der Waals surface area contributed by atoms with Crippen LogP contribution in [0, 0.1) is 5.92 Å². The van der Waals surface area contributed by atoms with E-state index in [1.165, 1.54) is 7.11 Å². The Balaban J connectivity index is 2.68. The lowest BCUT2D eigenvalue weighted by Crippen LogP contribution is -2.53. The molecule has 120 valence electrons. The Labute approximate surface area is 123 Å². The molecule has 1 fully saturated rings. The Morgan fingerprint density at radius 3 is 2.48 bits per heavy atom. The molecule has 4 N–H and O–H groups in total. The van der Waals surface area contributed by atoms with Gasteiger partial charge in [0.15, 0.2) is 0 Å². The maximum Gasteiger partial charge on any atom is 0.326 e. The summed E-state index contributed by atoms with van der Waals surface area (Å²) in [5.41, 5.74) is 4.99. The quantitative estimate of drug-likeness (QED) is 0.543. The number of hydrogen-bond donors (Lipinski definition) is 3. The number of urea groups is 1. The van der Waals surface area contributed by atoms with Gasteiger partial charge in [0.1, 0.15) is 6.04 Å². The molecular formula is C13H23N3O5. The molecule has 0 radical (unpaired) electrons. The van der Waals surface area contributed by atoms with Crippen molar-refractivity contribution in [1.82, 2.24) is 10.2 Å². The van der Waals surface area contributed by atoms with E-state index in [0.29, 0.717) is 19.1 Å². The van der Waals surface area contributed by atoms with Gasteiger partial charge in [-0.2, -0.15) is 0 Å². The van der Waals surface area contributed by atoms with Gasteiger partial charge in [-0.3, -0.25) is 4.79 Å². The number of carboxylic acid groups (broad SMARTS) is 1. The first-order valence-corrected chi connectivity index (χ1v) is 6.94. The van der Waals surface area contributed by atoms with Crippen molar-refractivity contribution in [3.8, 4) is 0 Å². The van der Waals surface area contributed by atoms with Crippen molar-refractivity contribution in [1.29, 1.82) is 0 Å². The molecule has 0 heterocycles. The van der Waals surface area contributed by atoms with Crippen LogP contribution in [0.1, 0.15) is 26.2 Å². The van der Waals surface area contributed by atoms with Crippen molar-refractivity contribution in [2.24, 2.45) is 11.7 Å². The molecule has 3 amide bonds. The van der Waals surface area contributed by atoms with Crippen molar-refractivity contribution < 1.29 is 24.2 Å². The summed E-state index contributed by atoms with van der Waals surface area (Å²) in [5.74, 6) is -1.62. The first-order valence-electron chi connectivity index (χ1n) is 6.94. The van der Waals surface area contributed by atoms with E-state index in [0.717, 1.165) is 12.8 Å². The van der Waals surface area contributed by atoms with Gasteiger partial charge in [-0.15, -0.1) is 0 Å². The van der Waals surface area contributed by atoms with Crippen LogP contribution in [0.3, 0.4) is 0 Å². The van der Waals surface area contributed by atoms with E-state index in [1.807, 2.05) is 6.92 Å². The maximum absolute atomic E-state index is 12.3. The molecule has 1 saturated carbocycles. The van der Waals surface area contributed by atoms with Crippen LogP contribution in [-0.2, 0) is 14.3 Å². The number of methoxy groups -OCH3 is 1. The summed E-state index contributed by atoms with van der Waals surface area (Å²) >= 11 is 0. The van der Waals surface area contributed by atoms with E-state index in [9.17, 15) is 14.4 Å². The van der Waals surface area contributed by atoms with Gasteiger partial charge in [0.05, 0.1) is 13.0 Å². The van der Waals surface area contributed by atoms with Crippen LogP contribution in [0.2, 0.25) is 0 Å². The number of primary amides is 1. The molecular weight excluding hydrogens is 278 g/mol. The third-order valence-electron chi connectivity index (χ3n) is 3.59. The van der Waals surface area contributed by atoms with E-state index in [1.54, 1.807) is 4.90 Å². The lowest BCUT2D eigenvalue weighted by atomic mass is 10.1. The minimum atomic E-state index is -1.31. The fourth-order valence-corrected chi connectivity index (χ4v) is 2.15. The molecule has 1 unspecified atom stereocenters. The number of nitrogens with zero attached hydrogens (tertiary/aromatic N) is 1. The van der Waals surface area contributed by atoms with E-state index < -0.39 is 30.4 Å². The number of hydrogen-bond acceptors (Lipinski definition) is 4. The Kier molecular flexibility index (Phi) is 6.41. The number of aliphatic carboxylic acids is 1. The maximum atomic E-state index is 12.3. The van der Waals surface area contributed by atoms with Gasteiger partial charge in [-0.1, -0.05) is 0 Å². The third kappa shape index (κ3) is 5.58. The summed E-state index contributed by atoms with van der Waals surface area (Å²) in [5, 5.41) is 11.4. The number of rotatable bonds is 9. The predicted octanol–water partition coefficient (Wildman–Crippen LogP) is -0.228. The van der Waals surface area contributed by atoms with Crippen molar-refractivity contribution in [3.05, 3.63) is 0 Å². The second-order valence-corrected chi connectivity index (χ2v) is 5.27. The van der Waals surface area contributed by atoms with Gasteiger partial charge in [-0.25, -0.2) is 9.59 Å². The molecule has 1 aliphatic carbocycles. The predicted molar refractivity (Wildman–Crippen MR) is 74.5 cm³/mol. The standard InChI is InChI=1S/C13H23N3O5/c1-8(9-3-4-9)16(5-6-21-2)13(20)15-10(12(18)19)7-11(14)17/h8-10H,3-7H2,1-2H3,(H2,14,17)(H,15,20)(H,18,19)/t8?,10-/m1/s1. The fraction of sp³-hybridized carbons (Fsp3) is 0.769. The van der Waals surface area contributed by atoms with Gasteiger partial charge >= 0.3 is 12.0 Å². The van der Waals surface area contributed by atoms with Gasteiger partial charge in [0.2, 0.25) is 5.91 Å². The fourth-order valence-electron chi connectivity index (χ4n) is 2.15. The molecule has 0 aromatic rings. The molecule has 0 aromatic carbocycles. The monoisotopic (exact) mass is 301 g/mol. The molecule has 2 atom stereocenters. The zero-order valence-corrected chi connectivity index (χ0v) is 12.4. The zero-order valence-electron chi connectivity index (χ0n) is 12.4. The van der Waals surface area contributed by atoms with Gasteiger partial charge in [0.25, 0.3) is 0 Å². The van der Waals surface area contributed by atoms with Crippen LogP contribution in [0.15, 0.2) is 0 Å². The van der Waals surface area contributed by atoms with Gasteiger partial charge < -0.3 is 25.8 Å². The first kappa shape index (κ1) is 17.2. The van der Waals surface area contributed by atoms with E-state index >= 15 is 0 Å². The molecule has 1 rings (SSSR count). The lowest BCUT2D eigenvalue weighted by molar-refractivity contribution is -0.141. The molecule has 0 aliphatic heterocycles. The Morgan fingerprint density at radius 2 is 2.05 bits per heavy atom. The van der Waals surface area contributed by atoms with E-state index in [-0.39, 0.29) is 6.04 Å².